The van der Waals surface area contributed by atoms with Crippen molar-refractivity contribution in [3.05, 3.63) is 77.0 Å². The minimum absolute atomic E-state index is 0.000471. The number of hydrogen-bond acceptors (Lipinski definition) is 4. The lowest BCUT2D eigenvalue weighted by atomic mass is 9.96. The quantitative estimate of drug-likeness (QED) is 0.276. The highest BCUT2D eigenvalue weighted by Gasteiger charge is 2.34. The number of fused-ring (bicyclic) bond motifs is 1. The van der Waals surface area contributed by atoms with Crippen LogP contribution >= 0.6 is 11.6 Å². The van der Waals surface area contributed by atoms with E-state index < -0.39 is 16.0 Å². The van der Waals surface area contributed by atoms with Crippen LogP contribution in [-0.2, 0) is 21.4 Å². The molecule has 9 heteroatoms. The van der Waals surface area contributed by atoms with Crippen molar-refractivity contribution >= 4 is 44.1 Å². The number of aromatic nitrogens is 1. The second kappa shape index (κ2) is 12.0. The summed E-state index contributed by atoms with van der Waals surface area (Å²) in [7, 11) is -3.68. The highest BCUT2D eigenvalue weighted by atomic mass is 35.5. The van der Waals surface area contributed by atoms with E-state index in [0.29, 0.717) is 30.3 Å². The van der Waals surface area contributed by atoms with Crippen LogP contribution in [-0.4, -0.2) is 47.6 Å². The summed E-state index contributed by atoms with van der Waals surface area (Å²) in [5, 5.41) is 11.1. The molecule has 1 aliphatic heterocycles. The van der Waals surface area contributed by atoms with Gasteiger partial charge in [0, 0.05) is 41.1 Å². The molecular formula is C30H35ClN2O5S. The summed E-state index contributed by atoms with van der Waals surface area (Å²) in [4.78, 5) is 11.9. The Morgan fingerprint density at radius 1 is 1.21 bits per heavy atom. The third kappa shape index (κ3) is 6.24. The number of carboxylic acids is 1. The second-order valence-electron chi connectivity index (χ2n) is 9.99. The van der Waals surface area contributed by atoms with Crippen LogP contribution in [0.25, 0.3) is 16.5 Å². The molecule has 3 aromatic rings. The fourth-order valence-corrected chi connectivity index (χ4v) is 7.01. The Balaban J connectivity index is 1.65. The van der Waals surface area contributed by atoms with E-state index in [4.69, 9.17) is 16.3 Å². The zero-order valence-electron chi connectivity index (χ0n) is 22.7. The molecule has 0 saturated carbocycles. The molecule has 1 fully saturated rings. The molecule has 1 saturated heterocycles. The van der Waals surface area contributed by atoms with Crippen LogP contribution in [0, 0.1) is 0 Å². The van der Waals surface area contributed by atoms with Gasteiger partial charge in [-0.15, -0.1) is 0 Å². The number of aliphatic carboxylic acids is 1. The zero-order chi connectivity index (χ0) is 28.3. The number of ether oxygens (including phenoxy) is 1. The Morgan fingerprint density at radius 3 is 2.54 bits per heavy atom. The summed E-state index contributed by atoms with van der Waals surface area (Å²) in [5.74, 6) is -0.377. The maximum absolute atomic E-state index is 13.4. The topological polar surface area (TPSA) is 88.8 Å². The van der Waals surface area contributed by atoms with Crippen LogP contribution in [0.3, 0.4) is 0 Å². The minimum atomic E-state index is -3.68. The van der Waals surface area contributed by atoms with Crippen molar-refractivity contribution in [2.75, 3.05) is 13.1 Å². The van der Waals surface area contributed by atoms with E-state index in [9.17, 15) is 18.3 Å². The number of sulfonamides is 1. The molecule has 0 spiro atoms. The highest BCUT2D eigenvalue weighted by molar-refractivity contribution is 7.89. The molecule has 7 nitrogen and oxygen atoms in total. The van der Waals surface area contributed by atoms with Gasteiger partial charge in [-0.1, -0.05) is 42.8 Å². The molecule has 1 N–H and O–H groups in total. The molecule has 4 rings (SSSR count). The molecule has 0 aliphatic carbocycles. The maximum atomic E-state index is 13.4. The average Bonchev–Trinajstić information content (AvgIpc) is 3.50. The Hall–Kier alpha value is -3.07. The summed E-state index contributed by atoms with van der Waals surface area (Å²) in [6.07, 6.45) is 7.20. The number of hydrogen-bond donors (Lipinski definition) is 1. The standard InChI is InChI=1S/C30H35ClN2O5S/c1-5-7-28(31)25(6-2)21-8-13-26-27(18-32(19-30(34)35)29(26)16-21)22-14-15-33(17-22)39(36,37)24-11-9-23(10-12-24)38-20(3)4/h6-13,16,18,20,22H,5,14-15,17,19H2,1-4H3,(H,34,35)/b25-6-,28-7+. The van der Waals surface area contributed by atoms with E-state index in [1.54, 1.807) is 28.8 Å². The summed E-state index contributed by atoms with van der Waals surface area (Å²) < 4.78 is 35.7. The Kier molecular flexibility index (Phi) is 8.89. The van der Waals surface area contributed by atoms with E-state index in [1.807, 2.05) is 64.2 Å². The lowest BCUT2D eigenvalue weighted by molar-refractivity contribution is -0.137. The van der Waals surface area contributed by atoms with Gasteiger partial charge < -0.3 is 14.4 Å². The summed E-state index contributed by atoms with van der Waals surface area (Å²) >= 11 is 6.53. The molecule has 1 aliphatic rings. The molecule has 2 aromatic carbocycles. The number of nitrogens with zero attached hydrogens (tertiary/aromatic N) is 2. The van der Waals surface area contributed by atoms with Crippen LogP contribution in [0.1, 0.15) is 57.6 Å². The third-order valence-corrected chi connectivity index (χ3v) is 9.12. The first kappa shape index (κ1) is 28.9. The molecule has 1 unspecified atom stereocenters. The first-order valence-corrected chi connectivity index (χ1v) is 15.0. The smallest absolute Gasteiger partial charge is 0.323 e. The molecule has 0 bridgehead atoms. The van der Waals surface area contributed by atoms with Crippen molar-refractivity contribution in [3.63, 3.8) is 0 Å². The lowest BCUT2D eigenvalue weighted by Gasteiger charge is -2.17. The number of carboxylic acid groups (broad SMARTS) is 1. The number of halogens is 1. The maximum Gasteiger partial charge on any atom is 0.323 e. The fourth-order valence-electron chi connectivity index (χ4n) is 5.13. The summed E-state index contributed by atoms with van der Waals surface area (Å²) in [6, 6.07) is 12.5. The van der Waals surface area contributed by atoms with Gasteiger partial charge >= 0.3 is 5.97 Å². The van der Waals surface area contributed by atoms with Gasteiger partial charge in [0.2, 0.25) is 10.0 Å². The van der Waals surface area contributed by atoms with Gasteiger partial charge in [-0.2, -0.15) is 4.31 Å². The monoisotopic (exact) mass is 570 g/mol. The SMILES string of the molecule is C/C=C(\C(Cl)=C/CC)c1ccc2c(C3CCN(S(=O)(=O)c4ccc(OC(C)C)cc4)C3)cn(CC(=O)O)c2c1. The van der Waals surface area contributed by atoms with E-state index in [2.05, 4.69) is 0 Å². The normalized spacial score (nSPS) is 17.3. The van der Waals surface area contributed by atoms with Crippen LogP contribution in [0.5, 0.6) is 5.75 Å². The van der Waals surface area contributed by atoms with Crippen LogP contribution in [0.15, 0.2) is 70.7 Å². The fraction of sp³-hybridized carbons (Fsp3) is 0.367. The molecule has 1 atom stereocenters. The van der Waals surface area contributed by atoms with Gasteiger partial charge in [0.15, 0.2) is 0 Å². The van der Waals surface area contributed by atoms with Crippen molar-refractivity contribution in [3.8, 4) is 5.75 Å². The van der Waals surface area contributed by atoms with Gasteiger partial charge in [-0.05, 0) is 80.6 Å². The summed E-state index contributed by atoms with van der Waals surface area (Å²) in [5.41, 5.74) is 3.52. The molecule has 1 aromatic heterocycles. The van der Waals surface area contributed by atoms with Crippen molar-refractivity contribution < 1.29 is 23.1 Å². The van der Waals surface area contributed by atoms with Gasteiger partial charge in [-0.3, -0.25) is 4.79 Å². The van der Waals surface area contributed by atoms with Crippen molar-refractivity contribution in [1.82, 2.24) is 8.87 Å². The van der Waals surface area contributed by atoms with Crippen LogP contribution in [0.2, 0.25) is 0 Å². The van der Waals surface area contributed by atoms with Crippen molar-refractivity contribution in [2.45, 2.75) is 64.0 Å². The predicted octanol–water partition coefficient (Wildman–Crippen LogP) is 6.63. The predicted molar refractivity (Wildman–Crippen MR) is 156 cm³/mol. The van der Waals surface area contributed by atoms with E-state index in [1.165, 1.54) is 4.31 Å². The van der Waals surface area contributed by atoms with Gasteiger partial charge in [-0.25, -0.2) is 8.42 Å². The van der Waals surface area contributed by atoms with Gasteiger partial charge in [0.05, 0.1) is 11.0 Å². The van der Waals surface area contributed by atoms with Crippen LogP contribution < -0.4 is 4.74 Å². The molecule has 2 heterocycles. The lowest BCUT2D eigenvalue weighted by Crippen LogP contribution is -2.28. The average molecular weight is 571 g/mol. The van der Waals surface area contributed by atoms with Crippen molar-refractivity contribution in [1.29, 1.82) is 0 Å². The Bertz CT molecular complexity index is 1520. The number of benzene rings is 2. The molecule has 0 radical (unpaired) electrons. The highest BCUT2D eigenvalue weighted by Crippen LogP contribution is 2.38. The largest absolute Gasteiger partial charge is 0.491 e. The van der Waals surface area contributed by atoms with E-state index in [0.717, 1.165) is 34.0 Å². The molecular weight excluding hydrogens is 536 g/mol. The first-order valence-electron chi connectivity index (χ1n) is 13.2. The third-order valence-electron chi connectivity index (χ3n) is 6.88. The first-order chi connectivity index (χ1) is 18.5. The minimum Gasteiger partial charge on any atom is -0.491 e. The molecule has 208 valence electrons. The van der Waals surface area contributed by atoms with Crippen molar-refractivity contribution in [2.24, 2.45) is 0 Å². The van der Waals surface area contributed by atoms with Gasteiger partial charge in [0.25, 0.3) is 0 Å². The number of rotatable bonds is 10. The van der Waals surface area contributed by atoms with Gasteiger partial charge in [0.1, 0.15) is 12.3 Å². The Morgan fingerprint density at radius 2 is 1.92 bits per heavy atom. The molecule has 39 heavy (non-hydrogen) atoms. The summed E-state index contributed by atoms with van der Waals surface area (Å²) in [6.45, 7) is 8.30. The zero-order valence-corrected chi connectivity index (χ0v) is 24.3. The number of carbonyl (C=O) groups is 1. The number of allylic oxidation sites excluding steroid dienone is 4. The van der Waals surface area contributed by atoms with E-state index >= 15 is 0 Å². The second-order valence-corrected chi connectivity index (χ2v) is 12.3. The van der Waals surface area contributed by atoms with E-state index in [-0.39, 0.29) is 23.5 Å². The molecule has 0 amide bonds. The Labute approximate surface area is 235 Å². The van der Waals surface area contributed by atoms with Crippen LogP contribution in [0.4, 0.5) is 0 Å².